The average molecular weight is 357 g/mol. The standard InChI is InChI=1S/C14H17BrN2O4/c1-8-10(13(18)19)5-6-17(8)14(20)16-9-3-4-12(21-2)11(15)7-9/h3-4,7-8,10H,5-6H2,1-2H3,(H,16,20)(H,18,19). The maximum atomic E-state index is 12.2. The fourth-order valence-corrected chi connectivity index (χ4v) is 3.04. The molecule has 1 aliphatic rings. The van der Waals surface area contributed by atoms with Gasteiger partial charge < -0.3 is 20.1 Å². The van der Waals surface area contributed by atoms with Crippen LogP contribution in [0.5, 0.6) is 5.75 Å². The van der Waals surface area contributed by atoms with Crippen molar-refractivity contribution in [2.24, 2.45) is 5.92 Å². The van der Waals surface area contributed by atoms with E-state index in [0.29, 0.717) is 24.4 Å². The molecule has 1 saturated heterocycles. The zero-order valence-corrected chi connectivity index (χ0v) is 13.4. The first-order valence-electron chi connectivity index (χ1n) is 6.58. The van der Waals surface area contributed by atoms with Crippen LogP contribution in [0.4, 0.5) is 10.5 Å². The normalized spacial score (nSPS) is 21.2. The number of aliphatic carboxylic acids is 1. The van der Waals surface area contributed by atoms with Gasteiger partial charge in [0.2, 0.25) is 0 Å². The highest BCUT2D eigenvalue weighted by molar-refractivity contribution is 9.10. The van der Waals surface area contributed by atoms with Crippen LogP contribution in [-0.2, 0) is 4.79 Å². The minimum atomic E-state index is -0.856. The summed E-state index contributed by atoms with van der Waals surface area (Å²) in [6.45, 7) is 2.20. The number of methoxy groups -OCH3 is 1. The summed E-state index contributed by atoms with van der Waals surface area (Å²) < 4.78 is 5.86. The number of carboxylic acid groups (broad SMARTS) is 1. The molecule has 2 unspecified atom stereocenters. The summed E-state index contributed by atoms with van der Waals surface area (Å²) in [5.41, 5.74) is 0.624. The molecule has 0 aromatic heterocycles. The molecule has 1 heterocycles. The Labute approximate surface area is 131 Å². The topological polar surface area (TPSA) is 78.9 Å². The van der Waals surface area contributed by atoms with Crippen LogP contribution < -0.4 is 10.1 Å². The molecule has 1 aromatic rings. The largest absolute Gasteiger partial charge is 0.496 e. The third-order valence-electron chi connectivity index (χ3n) is 3.74. The summed E-state index contributed by atoms with van der Waals surface area (Å²) in [7, 11) is 1.57. The highest BCUT2D eigenvalue weighted by Crippen LogP contribution is 2.29. The van der Waals surface area contributed by atoms with Gasteiger partial charge in [-0.25, -0.2) is 4.79 Å². The van der Waals surface area contributed by atoms with Gasteiger partial charge in [-0.05, 0) is 47.5 Å². The van der Waals surface area contributed by atoms with Gasteiger partial charge >= 0.3 is 12.0 Å². The number of ether oxygens (including phenoxy) is 1. The maximum Gasteiger partial charge on any atom is 0.322 e. The zero-order valence-electron chi connectivity index (χ0n) is 11.8. The van der Waals surface area contributed by atoms with E-state index in [0.717, 1.165) is 4.47 Å². The van der Waals surface area contributed by atoms with Crippen LogP contribution in [0.25, 0.3) is 0 Å². The Morgan fingerprint density at radius 1 is 1.48 bits per heavy atom. The molecule has 0 bridgehead atoms. The van der Waals surface area contributed by atoms with Crippen LogP contribution in [0, 0.1) is 5.92 Å². The molecule has 114 valence electrons. The number of carboxylic acids is 1. The van der Waals surface area contributed by atoms with Crippen molar-refractivity contribution in [1.29, 1.82) is 0 Å². The highest BCUT2D eigenvalue weighted by Gasteiger charge is 2.38. The van der Waals surface area contributed by atoms with Crippen LogP contribution in [0.3, 0.4) is 0 Å². The van der Waals surface area contributed by atoms with Crippen LogP contribution in [0.1, 0.15) is 13.3 Å². The molecule has 7 heteroatoms. The molecule has 0 radical (unpaired) electrons. The average Bonchev–Trinajstić information content (AvgIpc) is 2.81. The number of carbonyl (C=O) groups excluding carboxylic acids is 1. The molecule has 2 amide bonds. The molecule has 21 heavy (non-hydrogen) atoms. The molecule has 2 rings (SSSR count). The lowest BCUT2D eigenvalue weighted by molar-refractivity contribution is -0.142. The number of amides is 2. The minimum Gasteiger partial charge on any atom is -0.496 e. The van der Waals surface area contributed by atoms with Crippen molar-refractivity contribution < 1.29 is 19.4 Å². The molecule has 2 N–H and O–H groups in total. The summed E-state index contributed by atoms with van der Waals surface area (Å²) >= 11 is 3.35. The third kappa shape index (κ3) is 3.29. The number of hydrogen-bond donors (Lipinski definition) is 2. The molecular weight excluding hydrogens is 340 g/mol. The van der Waals surface area contributed by atoms with E-state index >= 15 is 0 Å². The molecule has 0 saturated carbocycles. The monoisotopic (exact) mass is 356 g/mol. The summed E-state index contributed by atoms with van der Waals surface area (Å²) in [5.74, 6) is -0.683. The number of rotatable bonds is 3. The van der Waals surface area contributed by atoms with Gasteiger partial charge in [0, 0.05) is 18.3 Å². The van der Waals surface area contributed by atoms with E-state index < -0.39 is 11.9 Å². The van der Waals surface area contributed by atoms with Gasteiger partial charge in [0.05, 0.1) is 17.5 Å². The number of benzene rings is 1. The van der Waals surface area contributed by atoms with Gasteiger partial charge in [-0.3, -0.25) is 4.79 Å². The fraction of sp³-hybridized carbons (Fsp3) is 0.429. The second-order valence-corrected chi connectivity index (χ2v) is 5.80. The Morgan fingerprint density at radius 3 is 2.71 bits per heavy atom. The fourth-order valence-electron chi connectivity index (χ4n) is 2.50. The first-order chi connectivity index (χ1) is 9.93. The number of nitrogens with zero attached hydrogens (tertiary/aromatic N) is 1. The van der Waals surface area contributed by atoms with Crippen molar-refractivity contribution in [3.8, 4) is 5.75 Å². The lowest BCUT2D eigenvalue weighted by Gasteiger charge is -2.23. The number of nitrogens with one attached hydrogen (secondary N) is 1. The summed E-state index contributed by atoms with van der Waals surface area (Å²) in [4.78, 5) is 24.9. The third-order valence-corrected chi connectivity index (χ3v) is 4.36. The van der Waals surface area contributed by atoms with Crippen molar-refractivity contribution in [1.82, 2.24) is 4.90 Å². The Kier molecular flexibility index (Phi) is 4.72. The Balaban J connectivity index is 2.05. The Bertz CT molecular complexity index is 564. The number of halogens is 1. The van der Waals surface area contributed by atoms with E-state index in [2.05, 4.69) is 21.2 Å². The maximum absolute atomic E-state index is 12.2. The van der Waals surface area contributed by atoms with Crippen molar-refractivity contribution in [2.45, 2.75) is 19.4 Å². The zero-order chi connectivity index (χ0) is 15.6. The molecule has 1 aromatic carbocycles. The van der Waals surface area contributed by atoms with Crippen LogP contribution >= 0.6 is 15.9 Å². The van der Waals surface area contributed by atoms with Crippen LogP contribution in [0.15, 0.2) is 22.7 Å². The summed E-state index contributed by atoms with van der Waals surface area (Å²) in [6.07, 6.45) is 0.482. The second-order valence-electron chi connectivity index (χ2n) is 4.95. The van der Waals surface area contributed by atoms with Crippen molar-refractivity contribution in [3.05, 3.63) is 22.7 Å². The number of likely N-dealkylation sites (tertiary alicyclic amines) is 1. The Hall–Kier alpha value is -1.76. The lowest BCUT2D eigenvalue weighted by Crippen LogP contribution is -2.40. The van der Waals surface area contributed by atoms with Crippen LogP contribution in [0.2, 0.25) is 0 Å². The van der Waals surface area contributed by atoms with Gasteiger partial charge in [0.1, 0.15) is 5.75 Å². The molecule has 0 spiro atoms. The first-order valence-corrected chi connectivity index (χ1v) is 7.37. The summed E-state index contributed by atoms with van der Waals surface area (Å²) in [6, 6.07) is 4.61. The van der Waals surface area contributed by atoms with E-state index in [4.69, 9.17) is 9.84 Å². The van der Waals surface area contributed by atoms with E-state index in [1.807, 2.05) is 0 Å². The van der Waals surface area contributed by atoms with Crippen molar-refractivity contribution >= 4 is 33.6 Å². The van der Waals surface area contributed by atoms with Gasteiger partial charge in [-0.1, -0.05) is 0 Å². The van der Waals surface area contributed by atoms with E-state index in [1.54, 1.807) is 37.1 Å². The predicted molar refractivity (Wildman–Crippen MR) is 81.6 cm³/mol. The second kappa shape index (κ2) is 6.34. The number of urea groups is 1. The molecule has 0 aliphatic carbocycles. The Morgan fingerprint density at radius 2 is 2.19 bits per heavy atom. The highest BCUT2D eigenvalue weighted by atomic mass is 79.9. The summed E-state index contributed by atoms with van der Waals surface area (Å²) in [5, 5.41) is 11.9. The van der Waals surface area contributed by atoms with Gasteiger partial charge in [0.25, 0.3) is 0 Å². The van der Waals surface area contributed by atoms with Gasteiger partial charge in [0.15, 0.2) is 0 Å². The lowest BCUT2D eigenvalue weighted by atomic mass is 10.0. The molecule has 2 atom stereocenters. The number of anilines is 1. The first kappa shape index (κ1) is 15.6. The van der Waals surface area contributed by atoms with Crippen molar-refractivity contribution in [3.63, 3.8) is 0 Å². The van der Waals surface area contributed by atoms with Gasteiger partial charge in [-0.15, -0.1) is 0 Å². The van der Waals surface area contributed by atoms with E-state index in [9.17, 15) is 9.59 Å². The predicted octanol–water partition coefficient (Wildman–Crippen LogP) is 2.78. The van der Waals surface area contributed by atoms with E-state index in [1.165, 1.54) is 0 Å². The number of carbonyl (C=O) groups is 2. The molecular formula is C14H17BrN2O4. The number of hydrogen-bond acceptors (Lipinski definition) is 3. The smallest absolute Gasteiger partial charge is 0.322 e. The van der Waals surface area contributed by atoms with Gasteiger partial charge in [-0.2, -0.15) is 0 Å². The van der Waals surface area contributed by atoms with Crippen LogP contribution in [-0.4, -0.2) is 41.7 Å². The quantitative estimate of drug-likeness (QED) is 0.872. The SMILES string of the molecule is COc1ccc(NC(=O)N2CCC(C(=O)O)C2C)cc1Br. The van der Waals surface area contributed by atoms with E-state index in [-0.39, 0.29) is 12.1 Å². The minimum absolute atomic E-state index is 0.289. The molecule has 1 fully saturated rings. The van der Waals surface area contributed by atoms with Crippen molar-refractivity contribution in [2.75, 3.05) is 19.0 Å². The molecule has 1 aliphatic heterocycles. The molecule has 6 nitrogen and oxygen atoms in total.